The number of nitrogens with zero attached hydrogens (tertiary/aromatic N) is 4. The van der Waals surface area contributed by atoms with Crippen molar-refractivity contribution in [2.75, 3.05) is 6.54 Å². The van der Waals surface area contributed by atoms with Gasteiger partial charge in [-0.1, -0.05) is 19.1 Å². The lowest BCUT2D eigenvalue weighted by molar-refractivity contribution is -0.249. The lowest BCUT2D eigenvalue weighted by Gasteiger charge is -2.06. The summed E-state index contributed by atoms with van der Waals surface area (Å²) < 4.78 is 4.78. The van der Waals surface area contributed by atoms with Crippen LogP contribution in [-0.2, 0) is 18.3 Å². The molecule has 1 aliphatic rings. The fraction of sp³-hybridized carbons (Fsp3) is 0.263. The van der Waals surface area contributed by atoms with E-state index in [1.165, 1.54) is 24.6 Å². The van der Waals surface area contributed by atoms with Gasteiger partial charge in [-0.3, -0.25) is 9.20 Å². The van der Waals surface area contributed by atoms with Gasteiger partial charge in [0, 0.05) is 25.1 Å². The van der Waals surface area contributed by atoms with Crippen LogP contribution in [0.1, 0.15) is 19.4 Å². The van der Waals surface area contributed by atoms with Gasteiger partial charge in [0.05, 0.1) is 22.8 Å². The van der Waals surface area contributed by atoms with Crippen molar-refractivity contribution in [3.8, 4) is 0 Å². The molecule has 0 bridgehead atoms. The SMILES string of the molecule is CC(=O)[N+]1=c2ccccc2=c2ncn3c(=O)/c(=C(/C)[O-])n(C)c3c2CC1. The monoisotopic (exact) mass is 350 g/mol. The molecule has 0 unspecified atom stereocenters. The van der Waals surface area contributed by atoms with E-state index in [-0.39, 0.29) is 22.6 Å². The zero-order valence-corrected chi connectivity index (χ0v) is 14.8. The van der Waals surface area contributed by atoms with Crippen LogP contribution in [0.25, 0.3) is 11.4 Å². The van der Waals surface area contributed by atoms with Crippen LogP contribution in [0.5, 0.6) is 0 Å². The summed E-state index contributed by atoms with van der Waals surface area (Å²) in [4.78, 5) is 29.3. The van der Waals surface area contributed by atoms with Gasteiger partial charge in [-0.05, 0) is 6.07 Å². The van der Waals surface area contributed by atoms with Gasteiger partial charge < -0.3 is 9.67 Å². The molecule has 0 aliphatic carbocycles. The first kappa shape index (κ1) is 16.3. The maximum absolute atomic E-state index is 12.6. The van der Waals surface area contributed by atoms with Gasteiger partial charge in [0.25, 0.3) is 5.56 Å². The second kappa shape index (κ2) is 5.66. The highest BCUT2D eigenvalue weighted by atomic mass is 16.3. The summed E-state index contributed by atoms with van der Waals surface area (Å²) in [6, 6.07) is 7.61. The number of aromatic nitrogens is 3. The fourth-order valence-electron chi connectivity index (χ4n) is 3.80. The number of para-hydroxylation sites is 1. The first-order valence-corrected chi connectivity index (χ1v) is 8.39. The van der Waals surface area contributed by atoms with E-state index in [0.29, 0.717) is 18.6 Å². The highest BCUT2D eigenvalue weighted by Crippen LogP contribution is 2.11. The summed E-state index contributed by atoms with van der Waals surface area (Å²) in [6.45, 7) is 3.40. The average molecular weight is 350 g/mol. The fourth-order valence-corrected chi connectivity index (χ4v) is 3.80. The summed E-state index contributed by atoms with van der Waals surface area (Å²) in [6.07, 6.45) is 2.00. The van der Waals surface area contributed by atoms with Crippen molar-refractivity contribution in [3.63, 3.8) is 0 Å². The first-order chi connectivity index (χ1) is 12.4. The van der Waals surface area contributed by atoms with E-state index in [9.17, 15) is 14.7 Å². The van der Waals surface area contributed by atoms with Gasteiger partial charge >= 0.3 is 5.91 Å². The molecule has 132 valence electrons. The van der Waals surface area contributed by atoms with E-state index < -0.39 is 0 Å². The number of carbonyl (C=O) groups excluding carboxylic acids is 1. The van der Waals surface area contributed by atoms with Crippen LogP contribution in [0, 0.1) is 10.6 Å². The molecule has 0 atom stereocenters. The van der Waals surface area contributed by atoms with Gasteiger partial charge in [0.2, 0.25) is 5.36 Å². The molecule has 1 aliphatic heterocycles. The van der Waals surface area contributed by atoms with E-state index in [0.717, 1.165) is 21.5 Å². The van der Waals surface area contributed by atoms with Crippen molar-refractivity contribution >= 4 is 17.3 Å². The number of carbonyl (C=O) groups is 1. The highest BCUT2D eigenvalue weighted by Gasteiger charge is 2.21. The van der Waals surface area contributed by atoms with Crippen molar-refractivity contribution in [2.45, 2.75) is 20.3 Å². The Morgan fingerprint density at radius 3 is 2.69 bits per heavy atom. The Hall–Kier alpha value is -3.22. The Bertz CT molecular complexity index is 1360. The smallest absolute Gasteiger partial charge is 0.384 e. The molecule has 1 amide bonds. The second-order valence-corrected chi connectivity index (χ2v) is 6.47. The van der Waals surface area contributed by atoms with Crippen molar-refractivity contribution in [2.24, 2.45) is 7.05 Å². The molecule has 0 saturated carbocycles. The van der Waals surface area contributed by atoms with Crippen molar-refractivity contribution < 1.29 is 9.90 Å². The summed E-state index contributed by atoms with van der Waals surface area (Å²) >= 11 is 0. The van der Waals surface area contributed by atoms with Gasteiger partial charge in [-0.15, -0.1) is 5.76 Å². The third kappa shape index (κ3) is 2.13. The summed E-state index contributed by atoms with van der Waals surface area (Å²) in [7, 11) is 1.72. The number of hydrogen-bond donors (Lipinski definition) is 0. The number of amides is 1. The largest absolute Gasteiger partial charge is 0.874 e. The Labute approximate surface area is 148 Å². The predicted molar refractivity (Wildman–Crippen MR) is 93.4 cm³/mol. The van der Waals surface area contributed by atoms with E-state index in [1.807, 2.05) is 24.3 Å². The minimum absolute atomic E-state index is 0.0463. The van der Waals surface area contributed by atoms with Gasteiger partial charge in [-0.2, -0.15) is 4.58 Å². The Morgan fingerprint density at radius 1 is 1.27 bits per heavy atom. The molecule has 4 rings (SSSR count). The topological polar surface area (TPSA) is 82.4 Å². The highest BCUT2D eigenvalue weighted by molar-refractivity contribution is 5.74. The molecule has 26 heavy (non-hydrogen) atoms. The minimum Gasteiger partial charge on any atom is -0.874 e. The van der Waals surface area contributed by atoms with Crippen LogP contribution in [0.2, 0.25) is 0 Å². The third-order valence-electron chi connectivity index (χ3n) is 4.91. The number of imidazole rings is 1. The minimum atomic E-state index is -0.369. The summed E-state index contributed by atoms with van der Waals surface area (Å²) in [5.41, 5.74) is 1.13. The molecular weight excluding hydrogens is 332 g/mol. The molecule has 2 aromatic heterocycles. The summed E-state index contributed by atoms with van der Waals surface area (Å²) in [5.74, 6) is -0.329. The molecule has 0 saturated heterocycles. The number of hydrogen-bond acceptors (Lipinski definition) is 4. The van der Waals surface area contributed by atoms with Gasteiger partial charge in [0.15, 0.2) is 6.54 Å². The Morgan fingerprint density at radius 2 is 2.00 bits per heavy atom. The number of fused-ring (bicyclic) bond motifs is 4. The predicted octanol–water partition coefficient (Wildman–Crippen LogP) is -1.60. The van der Waals surface area contributed by atoms with Crippen LogP contribution in [-0.4, -0.2) is 26.4 Å². The maximum Gasteiger partial charge on any atom is 0.384 e. The van der Waals surface area contributed by atoms with E-state index >= 15 is 0 Å². The molecule has 3 aromatic rings. The van der Waals surface area contributed by atoms with Crippen molar-refractivity contribution in [1.82, 2.24) is 18.5 Å². The molecule has 3 heterocycles. The van der Waals surface area contributed by atoms with E-state index in [1.54, 1.807) is 16.2 Å². The molecule has 7 nitrogen and oxygen atoms in total. The molecule has 1 aromatic carbocycles. The van der Waals surface area contributed by atoms with Crippen LogP contribution in [0.4, 0.5) is 0 Å². The Kier molecular flexibility index (Phi) is 3.54. The average Bonchev–Trinajstić information content (AvgIpc) is 2.76. The number of aryl methyl sites for hydroxylation is 1. The summed E-state index contributed by atoms with van der Waals surface area (Å²) in [5, 5.41) is 14.4. The quantitative estimate of drug-likeness (QED) is 0.458. The standard InChI is InChI=1S/C19H18N4O3/c1-11(24)17-19(26)23-10-20-16-13-6-4-5-7-15(13)22(12(2)25)9-8-14(16)18(23)21(17)3/h4-7,10H,8-9H2,1-3H3. The molecule has 0 radical (unpaired) electrons. The van der Waals surface area contributed by atoms with Crippen molar-refractivity contribution in [3.05, 3.63) is 67.8 Å². The zero-order chi connectivity index (χ0) is 18.6. The van der Waals surface area contributed by atoms with Crippen LogP contribution in [0.15, 0.2) is 35.4 Å². The van der Waals surface area contributed by atoms with Crippen LogP contribution >= 0.6 is 0 Å². The second-order valence-electron chi connectivity index (χ2n) is 6.47. The van der Waals surface area contributed by atoms with Crippen LogP contribution in [0.3, 0.4) is 0 Å². The first-order valence-electron chi connectivity index (χ1n) is 8.39. The molecule has 0 spiro atoms. The lowest BCUT2D eigenvalue weighted by atomic mass is 10.1. The normalized spacial score (nSPS) is 14.7. The number of benzene rings is 1. The zero-order valence-electron chi connectivity index (χ0n) is 14.8. The molecule has 0 N–H and O–H groups in total. The van der Waals surface area contributed by atoms with Gasteiger partial charge in [0.1, 0.15) is 12.0 Å². The third-order valence-corrected chi connectivity index (χ3v) is 4.91. The van der Waals surface area contributed by atoms with Crippen molar-refractivity contribution in [1.29, 1.82) is 0 Å². The van der Waals surface area contributed by atoms with Gasteiger partial charge in [-0.25, -0.2) is 9.78 Å². The van der Waals surface area contributed by atoms with E-state index in [2.05, 4.69) is 4.98 Å². The lowest BCUT2D eigenvalue weighted by Crippen LogP contribution is -2.35. The molecule has 0 fully saturated rings. The maximum atomic E-state index is 12.6. The van der Waals surface area contributed by atoms with E-state index in [4.69, 9.17) is 0 Å². The molecular formula is C19H18N4O3. The van der Waals surface area contributed by atoms with Crippen LogP contribution < -0.4 is 25.9 Å². The number of rotatable bonds is 0. The molecule has 7 heteroatoms. The Balaban J connectivity index is 2.36.